The van der Waals surface area contributed by atoms with Gasteiger partial charge in [-0.3, -0.25) is 0 Å². The molecule has 0 aliphatic heterocycles. The fourth-order valence-corrected chi connectivity index (χ4v) is 1.75. The van der Waals surface area contributed by atoms with Gasteiger partial charge in [0.2, 0.25) is 0 Å². The van der Waals surface area contributed by atoms with Crippen molar-refractivity contribution < 1.29 is 41.4 Å². The molecule has 5 nitrogen and oxygen atoms in total. The van der Waals surface area contributed by atoms with Crippen LogP contribution in [0.4, 0.5) is 0 Å². The fourth-order valence-electron chi connectivity index (χ4n) is 1.19. The number of carbonyl (C=O) groups excluding carboxylic acids is 1. The van der Waals surface area contributed by atoms with E-state index in [4.69, 9.17) is 4.74 Å². The molecule has 0 aliphatic rings. The molecule has 1 unspecified atom stereocenters. The first-order chi connectivity index (χ1) is 7.35. The van der Waals surface area contributed by atoms with Gasteiger partial charge < -0.3 is 9.29 Å². The first kappa shape index (κ1) is 19.1. The first-order valence-corrected chi connectivity index (χ1v) is 6.69. The SMILES string of the molecule is C=CC(=O)OC(C)CCCCCS(=O)(=O)[O-].[Li+]. The van der Waals surface area contributed by atoms with E-state index in [1.165, 1.54) is 0 Å². The van der Waals surface area contributed by atoms with Crippen LogP contribution in [0.3, 0.4) is 0 Å². The van der Waals surface area contributed by atoms with Crippen molar-refractivity contribution in [3.8, 4) is 0 Å². The van der Waals surface area contributed by atoms with E-state index in [9.17, 15) is 17.8 Å². The third-order valence-electron chi connectivity index (χ3n) is 1.99. The molecule has 0 saturated heterocycles. The Balaban J connectivity index is 0. The summed E-state index contributed by atoms with van der Waals surface area (Å²) in [6.45, 7) is 5.03. The normalized spacial score (nSPS) is 12.4. The molecular formula is C10H17LiO5S. The van der Waals surface area contributed by atoms with Crippen LogP contribution in [0.5, 0.6) is 0 Å². The van der Waals surface area contributed by atoms with Gasteiger partial charge in [0, 0.05) is 11.8 Å². The van der Waals surface area contributed by atoms with Crippen molar-refractivity contribution >= 4 is 16.1 Å². The van der Waals surface area contributed by atoms with Crippen molar-refractivity contribution in [1.82, 2.24) is 0 Å². The topological polar surface area (TPSA) is 83.5 Å². The third kappa shape index (κ3) is 13.7. The van der Waals surface area contributed by atoms with Crippen molar-refractivity contribution in [2.24, 2.45) is 0 Å². The van der Waals surface area contributed by atoms with Gasteiger partial charge in [-0.2, -0.15) is 0 Å². The van der Waals surface area contributed by atoms with Gasteiger partial charge in [0.15, 0.2) is 0 Å². The minimum Gasteiger partial charge on any atom is -0.748 e. The molecule has 0 spiro atoms. The van der Waals surface area contributed by atoms with E-state index in [1.54, 1.807) is 6.92 Å². The van der Waals surface area contributed by atoms with Crippen molar-refractivity contribution in [2.45, 2.75) is 38.7 Å². The predicted molar refractivity (Wildman–Crippen MR) is 58.8 cm³/mol. The number of ether oxygens (including phenoxy) is 1. The maximum absolute atomic E-state index is 10.8. The van der Waals surface area contributed by atoms with Crippen LogP contribution in [0.15, 0.2) is 12.7 Å². The third-order valence-corrected chi connectivity index (χ3v) is 2.78. The molecule has 94 valence electrons. The summed E-state index contributed by atoms with van der Waals surface area (Å²) in [5.74, 6) is -0.789. The van der Waals surface area contributed by atoms with Crippen molar-refractivity contribution in [1.29, 1.82) is 0 Å². The molecule has 7 heteroatoms. The minimum absolute atomic E-state index is 0. The van der Waals surface area contributed by atoms with Gasteiger partial charge in [-0.25, -0.2) is 13.2 Å². The van der Waals surface area contributed by atoms with Crippen LogP contribution in [0.1, 0.15) is 32.6 Å². The summed E-state index contributed by atoms with van der Waals surface area (Å²) in [5.41, 5.74) is 0. The van der Waals surface area contributed by atoms with Gasteiger partial charge in [0.25, 0.3) is 0 Å². The van der Waals surface area contributed by atoms with E-state index < -0.39 is 16.1 Å². The van der Waals surface area contributed by atoms with E-state index in [1.807, 2.05) is 0 Å². The molecular weight excluding hydrogens is 239 g/mol. The largest absolute Gasteiger partial charge is 1.00 e. The van der Waals surface area contributed by atoms with Crippen LogP contribution in [-0.2, 0) is 19.6 Å². The molecule has 1 atom stereocenters. The van der Waals surface area contributed by atoms with Crippen LogP contribution < -0.4 is 18.9 Å². The summed E-state index contributed by atoms with van der Waals surface area (Å²) >= 11 is 0. The van der Waals surface area contributed by atoms with Crippen LogP contribution >= 0.6 is 0 Å². The fraction of sp³-hybridized carbons (Fsp3) is 0.700. The Labute approximate surface area is 115 Å². The average Bonchev–Trinajstić information content (AvgIpc) is 2.15. The summed E-state index contributed by atoms with van der Waals surface area (Å²) in [6, 6.07) is 0. The molecule has 17 heavy (non-hydrogen) atoms. The Bertz CT molecular complexity index is 326. The smallest absolute Gasteiger partial charge is 0.748 e. The average molecular weight is 256 g/mol. The molecule has 0 amide bonds. The predicted octanol–water partition coefficient (Wildman–Crippen LogP) is -1.79. The summed E-state index contributed by atoms with van der Waals surface area (Å²) in [7, 11) is -4.10. The molecule has 0 N–H and O–H groups in total. The van der Waals surface area contributed by atoms with Gasteiger partial charge in [-0.15, -0.1) is 0 Å². The molecule has 0 radical (unpaired) electrons. The molecule has 0 aromatic rings. The van der Waals surface area contributed by atoms with E-state index in [2.05, 4.69) is 6.58 Å². The second-order valence-corrected chi connectivity index (χ2v) is 5.09. The number of esters is 1. The molecule has 0 heterocycles. The van der Waals surface area contributed by atoms with Crippen molar-refractivity contribution in [3.63, 3.8) is 0 Å². The number of hydrogen-bond acceptors (Lipinski definition) is 5. The summed E-state index contributed by atoms with van der Waals surface area (Å²) in [6.07, 6.45) is 3.25. The number of carbonyl (C=O) groups is 1. The van der Waals surface area contributed by atoms with E-state index in [-0.39, 0.29) is 30.7 Å². The number of hydrogen-bond donors (Lipinski definition) is 0. The molecule has 0 bridgehead atoms. The van der Waals surface area contributed by atoms with Crippen LogP contribution in [0.2, 0.25) is 0 Å². The summed E-state index contributed by atoms with van der Waals surface area (Å²) in [4.78, 5) is 10.8. The maximum Gasteiger partial charge on any atom is 1.00 e. The minimum atomic E-state index is -4.10. The van der Waals surface area contributed by atoms with Crippen molar-refractivity contribution in [2.75, 3.05) is 5.75 Å². The molecule has 0 aromatic carbocycles. The number of rotatable bonds is 8. The zero-order valence-electron chi connectivity index (χ0n) is 10.3. The van der Waals surface area contributed by atoms with Crippen LogP contribution in [0.25, 0.3) is 0 Å². The van der Waals surface area contributed by atoms with Crippen LogP contribution in [-0.4, -0.2) is 30.8 Å². The Morgan fingerprint density at radius 2 is 2.00 bits per heavy atom. The van der Waals surface area contributed by atoms with E-state index in [0.29, 0.717) is 19.3 Å². The maximum atomic E-state index is 10.8. The van der Waals surface area contributed by atoms with E-state index >= 15 is 0 Å². The van der Waals surface area contributed by atoms with Gasteiger partial charge in [0.05, 0.1) is 16.2 Å². The second kappa shape index (κ2) is 9.72. The van der Waals surface area contributed by atoms with Gasteiger partial charge in [-0.05, 0) is 26.2 Å². The quantitative estimate of drug-likeness (QED) is 0.168. The second-order valence-electron chi connectivity index (χ2n) is 3.56. The standard InChI is InChI=1S/C10H18O5S.Li/c1-3-10(11)15-9(2)7-5-4-6-8-16(12,13)14;/h3,9H,1,4-8H2,2H3,(H,12,13,14);/q;+1/p-1. The van der Waals surface area contributed by atoms with Gasteiger partial charge in [-0.1, -0.05) is 13.0 Å². The van der Waals surface area contributed by atoms with Gasteiger partial charge >= 0.3 is 24.8 Å². The van der Waals surface area contributed by atoms with Crippen molar-refractivity contribution in [3.05, 3.63) is 12.7 Å². The zero-order chi connectivity index (χ0) is 12.6. The Hall–Kier alpha value is -0.283. The molecule has 0 rings (SSSR count). The first-order valence-electron chi connectivity index (χ1n) is 5.12. The Morgan fingerprint density at radius 1 is 1.41 bits per heavy atom. The molecule has 0 aliphatic carbocycles. The Kier molecular flexibility index (Phi) is 10.9. The number of unbranched alkanes of at least 4 members (excludes halogenated alkanes) is 2. The Morgan fingerprint density at radius 3 is 2.47 bits per heavy atom. The summed E-state index contributed by atoms with van der Waals surface area (Å²) in [5, 5.41) is 0. The van der Waals surface area contributed by atoms with E-state index in [0.717, 1.165) is 12.5 Å². The van der Waals surface area contributed by atoms with Crippen LogP contribution in [0, 0.1) is 0 Å². The molecule has 0 aromatic heterocycles. The zero-order valence-corrected chi connectivity index (χ0v) is 11.2. The molecule has 0 saturated carbocycles. The monoisotopic (exact) mass is 256 g/mol. The summed E-state index contributed by atoms with van der Waals surface area (Å²) < 4.78 is 35.7. The molecule has 0 fully saturated rings. The van der Waals surface area contributed by atoms with Gasteiger partial charge in [0.1, 0.15) is 0 Å².